The quantitative estimate of drug-likeness (QED) is 0.845. The van der Waals surface area contributed by atoms with E-state index in [1.165, 1.54) is 24.8 Å². The Hall–Kier alpha value is -1.02. The summed E-state index contributed by atoms with van der Waals surface area (Å²) in [5, 5.41) is 3.43. The van der Waals surface area contributed by atoms with Crippen LogP contribution in [-0.2, 0) is 0 Å². The minimum absolute atomic E-state index is 0.271. The summed E-state index contributed by atoms with van der Waals surface area (Å²) in [5.74, 6) is 1.63. The molecular formula is C19H31NO. The van der Waals surface area contributed by atoms with E-state index in [1.807, 2.05) is 7.05 Å². The topological polar surface area (TPSA) is 21.3 Å². The van der Waals surface area contributed by atoms with Crippen molar-refractivity contribution in [3.8, 4) is 5.75 Å². The van der Waals surface area contributed by atoms with Gasteiger partial charge in [0.1, 0.15) is 11.9 Å². The molecular weight excluding hydrogens is 258 g/mol. The van der Waals surface area contributed by atoms with Crippen molar-refractivity contribution in [2.75, 3.05) is 7.05 Å². The second-order valence-electron chi connectivity index (χ2n) is 7.34. The molecule has 2 nitrogen and oxygen atoms in total. The number of benzene rings is 1. The van der Waals surface area contributed by atoms with Gasteiger partial charge in [0.15, 0.2) is 0 Å². The molecule has 0 aliphatic heterocycles. The fraction of sp³-hybridized carbons (Fsp3) is 0.684. The summed E-state index contributed by atoms with van der Waals surface area (Å²) in [7, 11) is 2.05. The fourth-order valence-electron chi connectivity index (χ4n) is 3.26. The summed E-state index contributed by atoms with van der Waals surface area (Å²) in [4.78, 5) is 0. The maximum absolute atomic E-state index is 6.30. The molecule has 1 aromatic carbocycles. The molecule has 1 N–H and O–H groups in total. The molecule has 0 heterocycles. The third-order valence-electron chi connectivity index (χ3n) is 5.05. The van der Waals surface area contributed by atoms with Crippen molar-refractivity contribution in [3.05, 3.63) is 29.8 Å². The lowest BCUT2D eigenvalue weighted by Gasteiger charge is -2.40. The fourth-order valence-corrected chi connectivity index (χ4v) is 3.26. The van der Waals surface area contributed by atoms with Gasteiger partial charge in [-0.1, -0.05) is 39.8 Å². The van der Waals surface area contributed by atoms with E-state index in [4.69, 9.17) is 4.74 Å². The Bertz CT molecular complexity index is 437. The number of rotatable bonds is 5. The maximum Gasteiger partial charge on any atom is 0.119 e. The summed E-state index contributed by atoms with van der Waals surface area (Å²) in [6.07, 6.45) is 5.03. The molecule has 0 aromatic heterocycles. The van der Waals surface area contributed by atoms with E-state index in [9.17, 15) is 0 Å². The minimum Gasteiger partial charge on any atom is -0.489 e. The smallest absolute Gasteiger partial charge is 0.119 e. The second-order valence-corrected chi connectivity index (χ2v) is 7.34. The Morgan fingerprint density at radius 2 is 1.95 bits per heavy atom. The standard InChI is InChI=1S/C19H31NO/c1-6-14(2)15-7-9-16(10-8-15)21-18-13-19(3,4)12-11-17(18)20-5/h7-10,14,17-18,20H,6,11-13H2,1-5H3. The lowest BCUT2D eigenvalue weighted by atomic mass is 9.74. The van der Waals surface area contributed by atoms with Crippen molar-refractivity contribution in [3.63, 3.8) is 0 Å². The molecule has 3 unspecified atom stereocenters. The second kappa shape index (κ2) is 6.83. The first-order chi connectivity index (χ1) is 9.95. The lowest BCUT2D eigenvalue weighted by Crippen LogP contribution is -2.47. The van der Waals surface area contributed by atoms with E-state index in [0.717, 1.165) is 12.2 Å². The van der Waals surface area contributed by atoms with Gasteiger partial charge < -0.3 is 10.1 Å². The normalized spacial score (nSPS) is 26.3. The zero-order chi connectivity index (χ0) is 15.5. The number of nitrogens with one attached hydrogen (secondary N) is 1. The van der Waals surface area contributed by atoms with E-state index >= 15 is 0 Å². The Labute approximate surface area is 130 Å². The summed E-state index contributed by atoms with van der Waals surface area (Å²) in [5.41, 5.74) is 1.79. The van der Waals surface area contributed by atoms with Gasteiger partial charge in [0.25, 0.3) is 0 Å². The van der Waals surface area contributed by atoms with Crippen LogP contribution in [0.4, 0.5) is 0 Å². The number of ether oxygens (including phenoxy) is 1. The van der Waals surface area contributed by atoms with Gasteiger partial charge in [-0.05, 0) is 61.8 Å². The third-order valence-corrected chi connectivity index (χ3v) is 5.05. The van der Waals surface area contributed by atoms with Crippen LogP contribution in [0.2, 0.25) is 0 Å². The monoisotopic (exact) mass is 289 g/mol. The Morgan fingerprint density at radius 3 is 2.52 bits per heavy atom. The van der Waals surface area contributed by atoms with E-state index in [-0.39, 0.29) is 6.10 Å². The van der Waals surface area contributed by atoms with Crippen LogP contribution in [0.1, 0.15) is 64.9 Å². The van der Waals surface area contributed by atoms with Crippen molar-refractivity contribution in [2.45, 2.75) is 71.4 Å². The highest BCUT2D eigenvalue weighted by molar-refractivity contribution is 5.29. The van der Waals surface area contributed by atoms with Crippen molar-refractivity contribution in [1.29, 1.82) is 0 Å². The molecule has 1 aromatic rings. The van der Waals surface area contributed by atoms with Crippen molar-refractivity contribution in [2.24, 2.45) is 5.41 Å². The predicted molar refractivity (Wildman–Crippen MR) is 90.0 cm³/mol. The van der Waals surface area contributed by atoms with Crippen LogP contribution in [0.3, 0.4) is 0 Å². The van der Waals surface area contributed by atoms with Crippen LogP contribution in [0, 0.1) is 5.41 Å². The molecule has 0 saturated heterocycles. The van der Waals surface area contributed by atoms with Crippen LogP contribution in [0.5, 0.6) is 5.75 Å². The largest absolute Gasteiger partial charge is 0.489 e. The van der Waals surface area contributed by atoms with Gasteiger partial charge >= 0.3 is 0 Å². The molecule has 1 saturated carbocycles. The maximum atomic E-state index is 6.30. The number of hydrogen-bond donors (Lipinski definition) is 1. The highest BCUT2D eigenvalue weighted by Gasteiger charge is 2.35. The predicted octanol–water partition coefficient (Wildman–Crippen LogP) is 4.75. The summed E-state index contributed by atoms with van der Waals surface area (Å²) < 4.78 is 6.30. The summed E-state index contributed by atoms with van der Waals surface area (Å²) >= 11 is 0. The first kappa shape index (κ1) is 16.4. The lowest BCUT2D eigenvalue weighted by molar-refractivity contribution is 0.0559. The SMILES string of the molecule is CCC(C)c1ccc(OC2CC(C)(C)CCC2NC)cc1. The molecule has 0 amide bonds. The van der Waals surface area contributed by atoms with E-state index < -0.39 is 0 Å². The molecule has 2 heteroatoms. The Morgan fingerprint density at radius 1 is 1.29 bits per heavy atom. The molecule has 3 atom stereocenters. The Kier molecular flexibility index (Phi) is 5.32. The molecule has 1 aliphatic rings. The summed E-state index contributed by atoms with van der Waals surface area (Å²) in [6, 6.07) is 9.16. The van der Waals surface area contributed by atoms with Crippen LogP contribution >= 0.6 is 0 Å². The highest BCUT2D eigenvalue weighted by Crippen LogP contribution is 2.37. The first-order valence-electron chi connectivity index (χ1n) is 8.39. The van der Waals surface area contributed by atoms with Gasteiger partial charge in [-0.3, -0.25) is 0 Å². The van der Waals surface area contributed by atoms with Gasteiger partial charge in [-0.25, -0.2) is 0 Å². The average Bonchev–Trinajstić information content (AvgIpc) is 2.47. The van der Waals surface area contributed by atoms with E-state index in [1.54, 1.807) is 0 Å². The van der Waals surface area contributed by atoms with Crippen molar-refractivity contribution in [1.82, 2.24) is 5.32 Å². The van der Waals surface area contributed by atoms with Crippen molar-refractivity contribution >= 4 is 0 Å². The zero-order valence-corrected chi connectivity index (χ0v) is 14.3. The highest BCUT2D eigenvalue weighted by atomic mass is 16.5. The molecule has 0 spiro atoms. The zero-order valence-electron chi connectivity index (χ0n) is 14.3. The van der Waals surface area contributed by atoms with Crippen LogP contribution in [-0.4, -0.2) is 19.2 Å². The van der Waals surface area contributed by atoms with Gasteiger partial charge in [0.05, 0.1) is 0 Å². The van der Waals surface area contributed by atoms with Gasteiger partial charge in [-0.15, -0.1) is 0 Å². The number of hydrogen-bond acceptors (Lipinski definition) is 2. The van der Waals surface area contributed by atoms with Crippen LogP contribution < -0.4 is 10.1 Å². The Balaban J connectivity index is 2.05. The van der Waals surface area contributed by atoms with Gasteiger partial charge in [-0.2, -0.15) is 0 Å². The minimum atomic E-state index is 0.271. The molecule has 1 fully saturated rings. The first-order valence-corrected chi connectivity index (χ1v) is 8.39. The molecule has 2 rings (SSSR count). The molecule has 0 radical (unpaired) electrons. The van der Waals surface area contributed by atoms with E-state index in [0.29, 0.717) is 17.4 Å². The van der Waals surface area contributed by atoms with Crippen LogP contribution in [0.25, 0.3) is 0 Å². The van der Waals surface area contributed by atoms with Gasteiger partial charge in [0.2, 0.25) is 0 Å². The molecule has 1 aliphatic carbocycles. The number of likely N-dealkylation sites (N-methyl/N-ethyl adjacent to an activating group) is 1. The van der Waals surface area contributed by atoms with Crippen LogP contribution in [0.15, 0.2) is 24.3 Å². The molecule has 0 bridgehead atoms. The molecule has 21 heavy (non-hydrogen) atoms. The van der Waals surface area contributed by atoms with E-state index in [2.05, 4.69) is 57.3 Å². The van der Waals surface area contributed by atoms with Gasteiger partial charge in [0, 0.05) is 6.04 Å². The summed E-state index contributed by atoms with van der Waals surface area (Å²) in [6.45, 7) is 9.20. The third kappa shape index (κ3) is 4.23. The van der Waals surface area contributed by atoms with Crippen molar-refractivity contribution < 1.29 is 4.74 Å². The average molecular weight is 289 g/mol. The molecule has 118 valence electrons.